The Morgan fingerprint density at radius 2 is 1.47 bits per heavy atom. The Hall–Kier alpha value is -0.670. The molecule has 2 aliphatic carbocycles. The molecule has 0 unspecified atom stereocenters. The molecule has 0 bridgehead atoms. The van der Waals surface area contributed by atoms with Gasteiger partial charge in [0.15, 0.2) is 0 Å². The van der Waals surface area contributed by atoms with Crippen molar-refractivity contribution in [3.63, 3.8) is 0 Å². The lowest BCUT2D eigenvalue weighted by Crippen LogP contribution is -2.29. The third kappa shape index (κ3) is 25.4. The number of allylic oxidation sites excluding steroid dienone is 1. The van der Waals surface area contributed by atoms with Crippen molar-refractivity contribution in [1.29, 1.82) is 0 Å². The van der Waals surface area contributed by atoms with Gasteiger partial charge in [-0.05, 0) is 70.3 Å². The van der Waals surface area contributed by atoms with Crippen LogP contribution in [0.15, 0.2) is 12.7 Å². The number of rotatable bonds is 7. The van der Waals surface area contributed by atoms with Crippen molar-refractivity contribution in [2.24, 2.45) is 17.8 Å². The summed E-state index contributed by atoms with van der Waals surface area (Å²) in [4.78, 5) is 9.50. The molecule has 0 heterocycles. The van der Waals surface area contributed by atoms with E-state index in [0.29, 0.717) is 6.10 Å². The molecule has 0 saturated heterocycles. The van der Waals surface area contributed by atoms with E-state index >= 15 is 0 Å². The van der Waals surface area contributed by atoms with E-state index < -0.39 is 0 Å². The van der Waals surface area contributed by atoms with Crippen LogP contribution in [0.4, 0.5) is 0 Å². The molecule has 0 aromatic carbocycles. The summed E-state index contributed by atoms with van der Waals surface area (Å²) in [7, 11) is 2.07. The Morgan fingerprint density at radius 1 is 0.967 bits per heavy atom. The van der Waals surface area contributed by atoms with Crippen LogP contribution in [0.3, 0.4) is 0 Å². The van der Waals surface area contributed by atoms with Crippen LogP contribution in [0.5, 0.6) is 0 Å². The second-order valence-electron chi connectivity index (χ2n) is 9.92. The van der Waals surface area contributed by atoms with E-state index in [4.69, 9.17) is 4.74 Å². The number of carbonyl (C=O) groups is 1. The molecule has 3 nitrogen and oxygen atoms in total. The summed E-state index contributed by atoms with van der Waals surface area (Å²) in [5, 5.41) is 3.32. The second kappa shape index (κ2) is 23.0. The van der Waals surface area contributed by atoms with Crippen LogP contribution >= 0.6 is 0 Å². The summed E-state index contributed by atoms with van der Waals surface area (Å²) in [6.07, 6.45) is 18.0. The SMILES string of the molecule is C=CCCCOC1CCCCC1.CC(C)C.CC(C)C=O.CNC1CCC(C)CC1. The van der Waals surface area contributed by atoms with Gasteiger partial charge in [-0.1, -0.05) is 66.9 Å². The summed E-state index contributed by atoms with van der Waals surface area (Å²) in [5.41, 5.74) is 0. The van der Waals surface area contributed by atoms with Gasteiger partial charge in [0.05, 0.1) is 6.10 Å². The van der Waals surface area contributed by atoms with E-state index in [1.807, 2.05) is 19.9 Å². The Bertz CT molecular complexity index is 351. The molecule has 2 rings (SSSR count). The minimum absolute atomic E-state index is 0.204. The van der Waals surface area contributed by atoms with E-state index in [-0.39, 0.29) is 5.92 Å². The highest BCUT2D eigenvalue weighted by molar-refractivity contribution is 5.51. The molecule has 0 atom stereocenters. The smallest absolute Gasteiger partial charge is 0.122 e. The Morgan fingerprint density at radius 3 is 1.87 bits per heavy atom. The minimum atomic E-state index is 0.204. The molecular weight excluding hydrogens is 370 g/mol. The zero-order chi connectivity index (χ0) is 23.2. The van der Waals surface area contributed by atoms with Gasteiger partial charge in [0, 0.05) is 18.6 Å². The molecule has 180 valence electrons. The number of hydrogen-bond acceptors (Lipinski definition) is 3. The summed E-state index contributed by atoms with van der Waals surface area (Å²) < 4.78 is 5.74. The van der Waals surface area contributed by atoms with Crippen molar-refractivity contribution in [3.8, 4) is 0 Å². The zero-order valence-electron chi connectivity index (χ0n) is 21.6. The summed E-state index contributed by atoms with van der Waals surface area (Å²) >= 11 is 0. The lowest BCUT2D eigenvalue weighted by atomic mass is 9.87. The quantitative estimate of drug-likeness (QED) is 0.259. The molecule has 0 amide bonds. The van der Waals surface area contributed by atoms with Crippen LogP contribution in [-0.4, -0.2) is 32.1 Å². The summed E-state index contributed by atoms with van der Waals surface area (Å²) in [6.45, 7) is 17.2. The van der Waals surface area contributed by atoms with Gasteiger partial charge in [-0.15, -0.1) is 6.58 Å². The fourth-order valence-electron chi connectivity index (χ4n) is 3.26. The zero-order valence-corrected chi connectivity index (χ0v) is 21.6. The average Bonchev–Trinajstić information content (AvgIpc) is 2.73. The molecule has 2 saturated carbocycles. The van der Waals surface area contributed by atoms with Gasteiger partial charge in [0.2, 0.25) is 0 Å². The Kier molecular flexibility index (Phi) is 24.2. The highest BCUT2D eigenvalue weighted by atomic mass is 16.5. The highest BCUT2D eigenvalue weighted by Gasteiger charge is 2.15. The monoisotopic (exact) mass is 425 g/mol. The number of carbonyl (C=O) groups excluding carboxylic acids is 1. The molecule has 0 spiro atoms. The number of unbranched alkanes of at least 4 members (excludes halogenated alkanes) is 1. The van der Waals surface area contributed by atoms with Crippen molar-refractivity contribution in [2.75, 3.05) is 13.7 Å². The molecule has 0 aromatic rings. The van der Waals surface area contributed by atoms with Crippen LogP contribution in [0.25, 0.3) is 0 Å². The van der Waals surface area contributed by atoms with Crippen LogP contribution in [0, 0.1) is 17.8 Å². The van der Waals surface area contributed by atoms with E-state index in [0.717, 1.165) is 43.6 Å². The summed E-state index contributed by atoms with van der Waals surface area (Å²) in [6, 6.07) is 0.821. The molecule has 0 aromatic heterocycles. The van der Waals surface area contributed by atoms with E-state index in [2.05, 4.69) is 46.6 Å². The standard InChI is InChI=1S/C11H20O.C8H17N.C4H8O.C4H10/c1-2-3-7-10-12-11-8-5-4-6-9-11;1-7-3-5-8(9-2)6-4-7;1-4(2)3-5;1-4(2)3/h2,11H,1,3-10H2;7-9H,3-6H2,1-2H3;3-4H,1-2H3;4H,1-3H3. The summed E-state index contributed by atoms with van der Waals surface area (Å²) in [5.74, 6) is 2.02. The molecular formula is C27H55NO2. The predicted octanol–water partition coefficient (Wildman–Crippen LogP) is 7.59. The third-order valence-corrected chi connectivity index (χ3v) is 5.15. The van der Waals surface area contributed by atoms with Gasteiger partial charge in [-0.2, -0.15) is 0 Å². The first-order valence-corrected chi connectivity index (χ1v) is 12.6. The van der Waals surface area contributed by atoms with Crippen molar-refractivity contribution >= 4 is 6.29 Å². The number of hydrogen-bond donors (Lipinski definition) is 1. The van der Waals surface area contributed by atoms with Gasteiger partial charge < -0.3 is 14.8 Å². The van der Waals surface area contributed by atoms with E-state index in [1.165, 1.54) is 57.8 Å². The lowest BCUT2D eigenvalue weighted by Gasteiger charge is -2.25. The maximum atomic E-state index is 9.50. The van der Waals surface area contributed by atoms with Crippen molar-refractivity contribution in [2.45, 2.75) is 124 Å². The van der Waals surface area contributed by atoms with Crippen LogP contribution in [-0.2, 0) is 9.53 Å². The molecule has 3 heteroatoms. The van der Waals surface area contributed by atoms with Crippen LogP contribution in [0.1, 0.15) is 112 Å². The minimum Gasteiger partial charge on any atom is -0.378 e. The van der Waals surface area contributed by atoms with Crippen LogP contribution < -0.4 is 5.32 Å². The van der Waals surface area contributed by atoms with Crippen molar-refractivity contribution in [1.82, 2.24) is 5.32 Å². The number of nitrogens with one attached hydrogen (secondary N) is 1. The van der Waals surface area contributed by atoms with E-state index in [1.54, 1.807) is 0 Å². The maximum absolute atomic E-state index is 9.50. The maximum Gasteiger partial charge on any atom is 0.122 e. The second-order valence-corrected chi connectivity index (χ2v) is 9.92. The van der Waals surface area contributed by atoms with Gasteiger partial charge in [0.1, 0.15) is 6.29 Å². The van der Waals surface area contributed by atoms with Gasteiger partial charge in [0.25, 0.3) is 0 Å². The third-order valence-electron chi connectivity index (χ3n) is 5.15. The lowest BCUT2D eigenvalue weighted by molar-refractivity contribution is -0.110. The van der Waals surface area contributed by atoms with E-state index in [9.17, 15) is 4.79 Å². The number of ether oxygens (including phenoxy) is 1. The van der Waals surface area contributed by atoms with Crippen LogP contribution in [0.2, 0.25) is 0 Å². The van der Waals surface area contributed by atoms with Gasteiger partial charge >= 0.3 is 0 Å². The Balaban J connectivity index is 0. The van der Waals surface area contributed by atoms with Crippen molar-refractivity contribution in [3.05, 3.63) is 12.7 Å². The normalized spacial score (nSPS) is 21.4. The Labute approximate surface area is 189 Å². The molecule has 0 aliphatic heterocycles. The molecule has 2 aliphatic rings. The van der Waals surface area contributed by atoms with Gasteiger partial charge in [-0.25, -0.2) is 0 Å². The first-order chi connectivity index (χ1) is 14.3. The topological polar surface area (TPSA) is 38.3 Å². The highest BCUT2D eigenvalue weighted by Crippen LogP contribution is 2.22. The first-order valence-electron chi connectivity index (χ1n) is 12.6. The molecule has 2 fully saturated rings. The van der Waals surface area contributed by atoms with Gasteiger partial charge in [-0.3, -0.25) is 0 Å². The number of aldehydes is 1. The average molecular weight is 426 g/mol. The largest absolute Gasteiger partial charge is 0.378 e. The molecule has 0 radical (unpaired) electrons. The fraction of sp³-hybridized carbons (Fsp3) is 0.889. The molecule has 1 N–H and O–H groups in total. The predicted molar refractivity (Wildman–Crippen MR) is 134 cm³/mol. The van der Waals surface area contributed by atoms with Crippen molar-refractivity contribution < 1.29 is 9.53 Å². The molecule has 30 heavy (non-hydrogen) atoms. The fourth-order valence-corrected chi connectivity index (χ4v) is 3.26. The first kappa shape index (κ1) is 31.5.